The minimum atomic E-state index is -1.49. The van der Waals surface area contributed by atoms with E-state index in [9.17, 15) is 19.8 Å². The molecule has 1 aromatic heterocycles. The van der Waals surface area contributed by atoms with Crippen LogP contribution in [0.5, 0.6) is 5.75 Å². The first kappa shape index (κ1) is 18.1. The summed E-state index contributed by atoms with van der Waals surface area (Å²) in [5, 5.41) is 22.9. The molecule has 0 saturated carbocycles. The molecule has 0 saturated heterocycles. The second-order valence-electron chi connectivity index (χ2n) is 5.66. The highest BCUT2D eigenvalue weighted by Gasteiger charge is 2.18. The van der Waals surface area contributed by atoms with Gasteiger partial charge in [0.1, 0.15) is 0 Å². The van der Waals surface area contributed by atoms with Crippen LogP contribution < -0.4 is 5.43 Å². The third-order valence-electron chi connectivity index (χ3n) is 3.93. The molecule has 0 aliphatic carbocycles. The number of hydrogen-bond acceptors (Lipinski definition) is 4. The Morgan fingerprint density at radius 3 is 2.38 bits per heavy atom. The Hall–Kier alpha value is -2.68. The standard InChI is InChI=1S/C19H15IN2O4/c1-11(20)12-6-2-3-7-13(12)14-8-4-5-9-15(14)22-10-16(23)18(24)17(21-22)19(25)26/h2-11,23H,1H3,(H,25,26). The topological polar surface area (TPSA) is 92.4 Å². The van der Waals surface area contributed by atoms with Crippen molar-refractivity contribution in [2.24, 2.45) is 0 Å². The van der Waals surface area contributed by atoms with E-state index in [1.165, 1.54) is 4.68 Å². The summed E-state index contributed by atoms with van der Waals surface area (Å²) in [7, 11) is 0. The van der Waals surface area contributed by atoms with Gasteiger partial charge in [0, 0.05) is 9.49 Å². The quantitative estimate of drug-likeness (QED) is 0.455. The van der Waals surface area contributed by atoms with Crippen LogP contribution in [0.4, 0.5) is 0 Å². The van der Waals surface area contributed by atoms with Crippen LogP contribution >= 0.6 is 22.6 Å². The molecule has 7 heteroatoms. The first-order valence-electron chi connectivity index (χ1n) is 7.79. The average molecular weight is 462 g/mol. The Bertz CT molecular complexity index is 1040. The Balaban J connectivity index is 2.28. The second-order valence-corrected chi connectivity index (χ2v) is 7.53. The number of benzene rings is 2. The predicted octanol–water partition coefficient (Wildman–Crippen LogP) is 3.80. The van der Waals surface area contributed by atoms with Gasteiger partial charge >= 0.3 is 5.97 Å². The van der Waals surface area contributed by atoms with Gasteiger partial charge in [-0.15, -0.1) is 0 Å². The molecule has 0 aliphatic heterocycles. The number of rotatable bonds is 4. The Morgan fingerprint density at radius 2 is 1.73 bits per heavy atom. The lowest BCUT2D eigenvalue weighted by atomic mass is 9.97. The molecule has 0 spiro atoms. The number of carboxylic acids is 1. The van der Waals surface area contributed by atoms with E-state index in [2.05, 4.69) is 34.6 Å². The van der Waals surface area contributed by atoms with Crippen LogP contribution in [0.2, 0.25) is 0 Å². The van der Waals surface area contributed by atoms with Crippen molar-refractivity contribution in [1.29, 1.82) is 0 Å². The van der Waals surface area contributed by atoms with E-state index in [0.29, 0.717) is 5.69 Å². The molecule has 1 unspecified atom stereocenters. The van der Waals surface area contributed by atoms with E-state index in [1.54, 1.807) is 12.1 Å². The largest absolute Gasteiger partial charge is 0.503 e. The number of nitrogens with zero attached hydrogens (tertiary/aromatic N) is 2. The van der Waals surface area contributed by atoms with E-state index < -0.39 is 22.8 Å². The molecule has 132 valence electrons. The second kappa shape index (κ2) is 7.28. The average Bonchev–Trinajstić information content (AvgIpc) is 2.63. The minimum Gasteiger partial charge on any atom is -0.503 e. The van der Waals surface area contributed by atoms with Crippen molar-refractivity contribution in [2.75, 3.05) is 0 Å². The van der Waals surface area contributed by atoms with E-state index >= 15 is 0 Å². The van der Waals surface area contributed by atoms with E-state index in [0.717, 1.165) is 22.9 Å². The van der Waals surface area contributed by atoms with Crippen LogP contribution in [-0.2, 0) is 0 Å². The molecule has 3 rings (SSSR count). The van der Waals surface area contributed by atoms with Gasteiger partial charge < -0.3 is 10.2 Å². The molecule has 3 aromatic rings. The molecule has 0 amide bonds. The number of carboxylic acid groups (broad SMARTS) is 1. The van der Waals surface area contributed by atoms with Crippen LogP contribution in [0.1, 0.15) is 26.9 Å². The first-order valence-corrected chi connectivity index (χ1v) is 9.03. The van der Waals surface area contributed by atoms with Crippen LogP contribution in [0, 0.1) is 0 Å². The maximum atomic E-state index is 11.8. The van der Waals surface area contributed by atoms with Crippen molar-refractivity contribution in [3.05, 3.63) is 76.2 Å². The van der Waals surface area contributed by atoms with Crippen LogP contribution in [0.25, 0.3) is 16.8 Å². The van der Waals surface area contributed by atoms with Crippen molar-refractivity contribution in [1.82, 2.24) is 9.78 Å². The Kier molecular flexibility index (Phi) is 5.08. The highest BCUT2D eigenvalue weighted by atomic mass is 127. The number of para-hydroxylation sites is 1. The summed E-state index contributed by atoms with van der Waals surface area (Å²) in [4.78, 5) is 23.1. The zero-order chi connectivity index (χ0) is 18.8. The molecule has 0 aliphatic rings. The normalized spacial score (nSPS) is 11.9. The monoisotopic (exact) mass is 462 g/mol. The van der Waals surface area contributed by atoms with Gasteiger partial charge in [-0.1, -0.05) is 65.1 Å². The number of aromatic nitrogens is 2. The molecule has 26 heavy (non-hydrogen) atoms. The van der Waals surface area contributed by atoms with Gasteiger partial charge in [0.15, 0.2) is 5.75 Å². The van der Waals surface area contributed by atoms with Gasteiger partial charge in [-0.05, 0) is 24.1 Å². The predicted molar refractivity (Wildman–Crippen MR) is 106 cm³/mol. The SMILES string of the molecule is CC(I)c1ccccc1-c1ccccc1-n1cc(O)c(=O)c(C(=O)O)n1. The fourth-order valence-electron chi connectivity index (χ4n) is 2.73. The van der Waals surface area contributed by atoms with Crippen LogP contribution in [0.3, 0.4) is 0 Å². The molecular formula is C19H15IN2O4. The summed E-state index contributed by atoms with van der Waals surface area (Å²) >= 11 is 2.33. The molecule has 1 heterocycles. The lowest BCUT2D eigenvalue weighted by Crippen LogP contribution is -2.21. The van der Waals surface area contributed by atoms with Gasteiger partial charge in [0.2, 0.25) is 5.69 Å². The summed E-state index contributed by atoms with van der Waals surface area (Å²) in [6.45, 7) is 2.08. The first-order chi connectivity index (χ1) is 12.4. The fourth-order valence-corrected chi connectivity index (χ4v) is 3.27. The van der Waals surface area contributed by atoms with Crippen molar-refractivity contribution in [3.63, 3.8) is 0 Å². The maximum absolute atomic E-state index is 11.8. The highest BCUT2D eigenvalue weighted by molar-refractivity contribution is 14.1. The number of alkyl halides is 1. The zero-order valence-corrected chi connectivity index (χ0v) is 15.9. The molecular weight excluding hydrogens is 447 g/mol. The van der Waals surface area contributed by atoms with Gasteiger partial charge in [-0.2, -0.15) is 5.10 Å². The maximum Gasteiger partial charge on any atom is 0.360 e. The Labute approximate surface area is 162 Å². The van der Waals surface area contributed by atoms with E-state index in [-0.39, 0.29) is 3.92 Å². The molecule has 0 radical (unpaired) electrons. The third kappa shape index (κ3) is 3.34. The molecule has 2 aromatic carbocycles. The molecule has 6 nitrogen and oxygen atoms in total. The van der Waals surface area contributed by atoms with Crippen LogP contribution in [0.15, 0.2) is 59.5 Å². The Morgan fingerprint density at radius 1 is 1.12 bits per heavy atom. The molecule has 0 bridgehead atoms. The summed E-state index contributed by atoms with van der Waals surface area (Å²) in [6, 6.07) is 15.2. The smallest absolute Gasteiger partial charge is 0.360 e. The molecule has 1 atom stereocenters. The molecule has 2 N–H and O–H groups in total. The van der Waals surface area contributed by atoms with Crippen LogP contribution in [-0.4, -0.2) is 26.0 Å². The van der Waals surface area contributed by atoms with Crippen molar-refractivity contribution in [3.8, 4) is 22.6 Å². The summed E-state index contributed by atoms with van der Waals surface area (Å²) in [5.74, 6) is -2.15. The third-order valence-corrected chi connectivity index (χ3v) is 4.60. The van der Waals surface area contributed by atoms with E-state index in [4.69, 9.17) is 0 Å². The minimum absolute atomic E-state index is 0.252. The zero-order valence-electron chi connectivity index (χ0n) is 13.8. The number of aromatic carboxylic acids is 1. The van der Waals surface area contributed by atoms with Crippen molar-refractivity contribution < 1.29 is 15.0 Å². The van der Waals surface area contributed by atoms with Gasteiger partial charge in [0.25, 0.3) is 5.43 Å². The van der Waals surface area contributed by atoms with Crippen molar-refractivity contribution in [2.45, 2.75) is 10.8 Å². The van der Waals surface area contributed by atoms with Crippen molar-refractivity contribution >= 4 is 28.6 Å². The van der Waals surface area contributed by atoms with Gasteiger partial charge in [-0.25, -0.2) is 9.48 Å². The lowest BCUT2D eigenvalue weighted by molar-refractivity contribution is 0.0686. The van der Waals surface area contributed by atoms with Gasteiger partial charge in [-0.3, -0.25) is 4.79 Å². The highest BCUT2D eigenvalue weighted by Crippen LogP contribution is 2.35. The summed E-state index contributed by atoms with van der Waals surface area (Å²) < 4.78 is 1.48. The number of hydrogen-bond donors (Lipinski definition) is 2. The number of carbonyl (C=O) groups is 1. The summed E-state index contributed by atoms with van der Waals surface area (Å²) in [6.07, 6.45) is 1.13. The molecule has 0 fully saturated rings. The number of halogens is 1. The summed E-state index contributed by atoms with van der Waals surface area (Å²) in [5.41, 5.74) is 1.74. The lowest BCUT2D eigenvalue weighted by Gasteiger charge is -2.16. The number of aromatic hydroxyl groups is 1. The van der Waals surface area contributed by atoms with E-state index in [1.807, 2.05) is 36.4 Å². The fraction of sp³-hybridized carbons (Fsp3) is 0.105. The van der Waals surface area contributed by atoms with Gasteiger partial charge in [0.05, 0.1) is 11.9 Å².